The minimum absolute atomic E-state index is 0.111. The second-order valence-electron chi connectivity index (χ2n) is 13.1. The number of unbranched alkanes of at least 4 members (excludes halogenated alkanes) is 1. The molecule has 4 aromatic rings. The highest BCUT2D eigenvalue weighted by molar-refractivity contribution is 6.36. The first-order chi connectivity index (χ1) is 22.2. The molecule has 0 N–H and O–H groups in total. The average molecular weight is 653 g/mol. The van der Waals surface area contributed by atoms with E-state index in [9.17, 15) is 4.79 Å². The number of aryl methyl sites for hydroxylation is 2. The summed E-state index contributed by atoms with van der Waals surface area (Å²) < 4.78 is 45.6. The summed E-state index contributed by atoms with van der Waals surface area (Å²) in [6.07, 6.45) is 5.96. The maximum absolute atomic E-state index is 15.4. The fourth-order valence-electron chi connectivity index (χ4n) is 7.45. The fourth-order valence-corrected chi connectivity index (χ4v) is 7.70. The molecule has 1 aliphatic carbocycles. The van der Waals surface area contributed by atoms with Crippen LogP contribution in [-0.2, 0) is 9.47 Å². The number of benzene rings is 1. The summed E-state index contributed by atoms with van der Waals surface area (Å²) in [5, 5.41) is 10.7. The van der Waals surface area contributed by atoms with Crippen LogP contribution in [0.25, 0.3) is 33.3 Å². The van der Waals surface area contributed by atoms with E-state index >= 15 is 8.78 Å². The third-order valence-electron chi connectivity index (χ3n) is 9.83. The van der Waals surface area contributed by atoms with Gasteiger partial charge in [0.05, 0.1) is 29.4 Å². The van der Waals surface area contributed by atoms with E-state index in [1.807, 2.05) is 37.6 Å². The minimum Gasteiger partial charge on any atom is -0.449 e. The number of halogens is 3. The molecule has 1 saturated carbocycles. The molecule has 2 aliphatic heterocycles. The van der Waals surface area contributed by atoms with E-state index in [1.165, 1.54) is 4.68 Å². The van der Waals surface area contributed by atoms with Gasteiger partial charge in [-0.15, -0.1) is 0 Å². The summed E-state index contributed by atoms with van der Waals surface area (Å²) in [5.74, 6) is 0. The number of carbonyl (C=O) groups excluding carboxylic acids is 1. The molecule has 1 amide bonds. The van der Waals surface area contributed by atoms with Crippen molar-refractivity contribution in [3.8, 4) is 22.4 Å². The average Bonchev–Trinajstić information content (AvgIpc) is 3.59. The Hall–Kier alpha value is -3.57. The topological polar surface area (TPSA) is 87.3 Å². The molecule has 1 aromatic carbocycles. The first kappa shape index (κ1) is 31.1. The predicted octanol–water partition coefficient (Wildman–Crippen LogP) is 8.44. The minimum atomic E-state index is -2.82. The number of rotatable bonds is 8. The molecule has 5 heterocycles. The number of nitrogens with zero attached hydrogens (tertiary/aromatic N) is 6. The Kier molecular flexibility index (Phi) is 8.25. The van der Waals surface area contributed by atoms with Gasteiger partial charge in [0, 0.05) is 59.1 Å². The zero-order chi connectivity index (χ0) is 32.2. The second-order valence-corrected chi connectivity index (χ2v) is 13.5. The maximum Gasteiger partial charge on any atom is 0.409 e. The zero-order valence-corrected chi connectivity index (χ0v) is 27.2. The van der Waals surface area contributed by atoms with Gasteiger partial charge in [-0.2, -0.15) is 10.2 Å². The van der Waals surface area contributed by atoms with E-state index in [4.69, 9.17) is 31.3 Å². The van der Waals surface area contributed by atoms with Crippen LogP contribution in [0.15, 0.2) is 30.6 Å². The van der Waals surface area contributed by atoms with Crippen molar-refractivity contribution in [3.63, 3.8) is 0 Å². The van der Waals surface area contributed by atoms with Gasteiger partial charge >= 0.3 is 6.09 Å². The monoisotopic (exact) mass is 652 g/mol. The van der Waals surface area contributed by atoms with Crippen LogP contribution in [0.2, 0.25) is 5.02 Å². The largest absolute Gasteiger partial charge is 0.449 e. The standard InChI is InChI=1S/C34H39ClF2N6O3/c1-4-5-12-46-33(44)41-18-34(19-41)15-22(16-34)42-31(32(36)37)28(30(40-42)23-9-8-11-38-21(23)3)27-24-17-39-43(26-10-6-7-13-45-26)25(24)14-20(2)29(27)35/h8-9,11,14,17,22,26,32H,4-7,10,12-13,15-16,18-19H2,1-3H3. The smallest absolute Gasteiger partial charge is 0.409 e. The van der Waals surface area contributed by atoms with E-state index in [1.54, 1.807) is 23.4 Å². The maximum atomic E-state index is 15.4. The lowest BCUT2D eigenvalue weighted by atomic mass is 9.60. The Morgan fingerprint density at radius 2 is 2.00 bits per heavy atom. The summed E-state index contributed by atoms with van der Waals surface area (Å²) in [6.45, 7) is 7.98. The van der Waals surface area contributed by atoms with Crippen LogP contribution < -0.4 is 0 Å². The Morgan fingerprint density at radius 3 is 2.70 bits per heavy atom. The molecule has 0 radical (unpaired) electrons. The molecule has 1 spiro atoms. The summed E-state index contributed by atoms with van der Waals surface area (Å²) in [4.78, 5) is 18.6. The number of pyridine rings is 1. The van der Waals surface area contributed by atoms with E-state index < -0.39 is 6.43 Å². The summed E-state index contributed by atoms with van der Waals surface area (Å²) in [5.41, 5.74) is 3.85. The lowest BCUT2D eigenvalue weighted by Gasteiger charge is -2.58. The highest BCUT2D eigenvalue weighted by Gasteiger charge is 2.55. The van der Waals surface area contributed by atoms with Gasteiger partial charge in [0.15, 0.2) is 6.23 Å². The van der Waals surface area contributed by atoms with Gasteiger partial charge in [0.2, 0.25) is 0 Å². The van der Waals surface area contributed by atoms with Gasteiger partial charge in [0.1, 0.15) is 11.4 Å². The lowest BCUT2D eigenvalue weighted by Crippen LogP contribution is -2.64. The van der Waals surface area contributed by atoms with Crippen LogP contribution in [0.5, 0.6) is 0 Å². The molecule has 1 atom stereocenters. The fraction of sp³-hybridized carbons (Fsp3) is 0.529. The normalized spacial score (nSPS) is 19.5. The molecule has 9 nitrogen and oxygen atoms in total. The number of carbonyl (C=O) groups is 1. The Bertz CT molecular complexity index is 1770. The SMILES string of the molecule is CCCCOC(=O)N1CC2(CC(n3nc(-c4cccnc4C)c(-c4c(Cl)c(C)cc5c4cnn5C4CCCCO4)c3C(F)F)C2)C1. The number of alkyl halides is 2. The van der Waals surface area contributed by atoms with Crippen molar-refractivity contribution in [2.24, 2.45) is 5.41 Å². The van der Waals surface area contributed by atoms with E-state index in [0.717, 1.165) is 43.2 Å². The number of likely N-dealkylation sites (tertiary alicyclic amines) is 1. The van der Waals surface area contributed by atoms with Crippen molar-refractivity contribution < 1.29 is 23.0 Å². The summed E-state index contributed by atoms with van der Waals surface area (Å²) >= 11 is 7.07. The van der Waals surface area contributed by atoms with Crippen molar-refractivity contribution in [1.29, 1.82) is 0 Å². The summed E-state index contributed by atoms with van der Waals surface area (Å²) in [6, 6.07) is 5.37. The van der Waals surface area contributed by atoms with Gasteiger partial charge in [-0.25, -0.2) is 18.3 Å². The van der Waals surface area contributed by atoms with Crippen LogP contribution in [0.3, 0.4) is 0 Å². The molecule has 244 valence electrons. The third-order valence-corrected chi connectivity index (χ3v) is 10.3. The Balaban J connectivity index is 1.31. The van der Waals surface area contributed by atoms with Gasteiger partial charge in [-0.05, 0) is 76.1 Å². The lowest BCUT2D eigenvalue weighted by molar-refractivity contribution is -0.0839. The number of ether oxygens (including phenoxy) is 2. The molecular weight excluding hydrogens is 614 g/mol. The van der Waals surface area contributed by atoms with Gasteiger partial charge in [0.25, 0.3) is 6.43 Å². The first-order valence-electron chi connectivity index (χ1n) is 16.2. The molecule has 0 bridgehead atoms. The Morgan fingerprint density at radius 1 is 1.20 bits per heavy atom. The molecule has 7 rings (SSSR count). The quantitative estimate of drug-likeness (QED) is 0.178. The summed E-state index contributed by atoms with van der Waals surface area (Å²) in [7, 11) is 0. The van der Waals surface area contributed by atoms with Crippen LogP contribution in [0.1, 0.15) is 87.5 Å². The second kappa shape index (κ2) is 12.2. The molecule has 1 unspecified atom stereocenters. The number of amides is 1. The molecular formula is C34H39ClF2N6O3. The van der Waals surface area contributed by atoms with Crippen molar-refractivity contribution in [2.45, 2.75) is 84.4 Å². The van der Waals surface area contributed by atoms with Crippen molar-refractivity contribution in [3.05, 3.63) is 52.6 Å². The molecule has 46 heavy (non-hydrogen) atoms. The molecule has 3 aliphatic rings. The predicted molar refractivity (Wildman–Crippen MR) is 171 cm³/mol. The van der Waals surface area contributed by atoms with Crippen molar-refractivity contribution in [2.75, 3.05) is 26.3 Å². The van der Waals surface area contributed by atoms with E-state index in [-0.39, 0.29) is 29.5 Å². The van der Waals surface area contributed by atoms with Crippen LogP contribution in [0, 0.1) is 19.3 Å². The number of hydrogen-bond donors (Lipinski definition) is 0. The highest BCUT2D eigenvalue weighted by atomic mass is 35.5. The molecule has 12 heteroatoms. The van der Waals surface area contributed by atoms with Crippen LogP contribution in [-0.4, -0.2) is 61.8 Å². The Labute approximate surface area is 271 Å². The van der Waals surface area contributed by atoms with Crippen LogP contribution in [0.4, 0.5) is 13.6 Å². The van der Waals surface area contributed by atoms with Crippen molar-refractivity contribution >= 4 is 28.6 Å². The van der Waals surface area contributed by atoms with Crippen molar-refractivity contribution in [1.82, 2.24) is 29.4 Å². The number of fused-ring (bicyclic) bond motifs is 1. The van der Waals surface area contributed by atoms with Crippen LogP contribution >= 0.6 is 11.6 Å². The third kappa shape index (κ3) is 5.25. The molecule has 2 saturated heterocycles. The van der Waals surface area contributed by atoms with Gasteiger partial charge in [-0.3, -0.25) is 9.67 Å². The van der Waals surface area contributed by atoms with E-state index in [2.05, 4.69) is 4.98 Å². The van der Waals surface area contributed by atoms with E-state index in [0.29, 0.717) is 77.6 Å². The highest BCUT2D eigenvalue weighted by Crippen LogP contribution is 2.56. The molecule has 3 aromatic heterocycles. The van der Waals surface area contributed by atoms with Gasteiger partial charge in [-0.1, -0.05) is 24.9 Å². The molecule has 3 fully saturated rings. The number of aromatic nitrogens is 5. The first-order valence-corrected chi connectivity index (χ1v) is 16.6. The number of hydrogen-bond acceptors (Lipinski definition) is 6. The zero-order valence-electron chi connectivity index (χ0n) is 26.4. The van der Waals surface area contributed by atoms with Gasteiger partial charge < -0.3 is 14.4 Å².